The summed E-state index contributed by atoms with van der Waals surface area (Å²) in [7, 11) is 0. The van der Waals surface area contributed by atoms with Gasteiger partial charge in [-0.25, -0.2) is 0 Å². The predicted molar refractivity (Wildman–Crippen MR) is 76.5 cm³/mol. The van der Waals surface area contributed by atoms with Gasteiger partial charge in [0.1, 0.15) is 0 Å². The first kappa shape index (κ1) is 14.6. The number of hydrogen-bond acceptors (Lipinski definition) is 3. The molecular formula is C13H25N3S. The maximum Gasteiger partial charge on any atom is 0.0534 e. The van der Waals surface area contributed by atoms with E-state index in [1.165, 1.54) is 23.5 Å². The molecule has 1 aromatic heterocycles. The molecule has 0 aliphatic carbocycles. The highest BCUT2D eigenvalue weighted by atomic mass is 32.2. The second-order valence-corrected chi connectivity index (χ2v) is 6.08. The summed E-state index contributed by atoms with van der Waals surface area (Å²) in [6.07, 6.45) is 5.32. The van der Waals surface area contributed by atoms with Gasteiger partial charge in [0.2, 0.25) is 0 Å². The molecule has 0 saturated carbocycles. The van der Waals surface area contributed by atoms with E-state index in [-0.39, 0.29) is 0 Å². The largest absolute Gasteiger partial charge is 0.310 e. The number of hydrogen-bond donors (Lipinski definition) is 1. The Morgan fingerprint density at radius 2 is 2.18 bits per heavy atom. The smallest absolute Gasteiger partial charge is 0.0534 e. The summed E-state index contributed by atoms with van der Waals surface area (Å²) in [5, 5.41) is 7.89. The van der Waals surface area contributed by atoms with Gasteiger partial charge in [-0.2, -0.15) is 16.9 Å². The molecule has 0 amide bonds. The van der Waals surface area contributed by atoms with E-state index in [1.807, 2.05) is 22.6 Å². The van der Waals surface area contributed by atoms with Crippen molar-refractivity contribution in [1.82, 2.24) is 15.1 Å². The third-order valence-corrected chi connectivity index (χ3v) is 3.67. The molecule has 1 atom stereocenters. The van der Waals surface area contributed by atoms with Crippen LogP contribution in [0.5, 0.6) is 0 Å². The normalized spacial score (nSPS) is 13.2. The molecule has 0 aliphatic heterocycles. The Hall–Kier alpha value is -0.480. The van der Waals surface area contributed by atoms with Gasteiger partial charge in [0.15, 0.2) is 0 Å². The Labute approximate surface area is 109 Å². The maximum atomic E-state index is 4.34. The number of rotatable bonds is 8. The lowest BCUT2D eigenvalue weighted by molar-refractivity contribution is 0.526. The number of nitrogens with one attached hydrogen (secondary N) is 1. The summed E-state index contributed by atoms with van der Waals surface area (Å²) in [5.41, 5.74) is 1.27. The lowest BCUT2D eigenvalue weighted by Gasteiger charge is -2.12. The van der Waals surface area contributed by atoms with E-state index in [0.29, 0.717) is 12.1 Å². The van der Waals surface area contributed by atoms with Crippen LogP contribution in [0.3, 0.4) is 0 Å². The number of nitrogens with zero attached hydrogens (tertiary/aromatic N) is 2. The van der Waals surface area contributed by atoms with Crippen LogP contribution in [0.4, 0.5) is 0 Å². The van der Waals surface area contributed by atoms with Crippen molar-refractivity contribution in [2.24, 2.45) is 0 Å². The standard InChI is InChI=1S/C13H25N3S/c1-5-17-7-6-12(4)14-8-13-9-15-16(10-13)11(2)3/h9-12,14H,5-8H2,1-4H3. The molecule has 1 heterocycles. The van der Waals surface area contributed by atoms with Crippen molar-refractivity contribution < 1.29 is 0 Å². The van der Waals surface area contributed by atoms with Gasteiger partial charge in [-0.15, -0.1) is 0 Å². The fourth-order valence-electron chi connectivity index (χ4n) is 1.55. The zero-order valence-electron chi connectivity index (χ0n) is 11.4. The second kappa shape index (κ2) is 7.77. The van der Waals surface area contributed by atoms with Crippen LogP contribution in [0.1, 0.15) is 45.7 Å². The van der Waals surface area contributed by atoms with Gasteiger partial charge in [0.25, 0.3) is 0 Å². The monoisotopic (exact) mass is 255 g/mol. The van der Waals surface area contributed by atoms with Crippen LogP contribution in [0.15, 0.2) is 12.4 Å². The van der Waals surface area contributed by atoms with Crippen LogP contribution in [0, 0.1) is 0 Å². The molecule has 0 spiro atoms. The molecule has 1 rings (SSSR count). The highest BCUT2D eigenvalue weighted by Gasteiger charge is 2.04. The SMILES string of the molecule is CCSCCC(C)NCc1cnn(C(C)C)c1. The van der Waals surface area contributed by atoms with Gasteiger partial charge in [-0.1, -0.05) is 6.92 Å². The Balaban J connectivity index is 2.24. The van der Waals surface area contributed by atoms with E-state index in [2.05, 4.69) is 44.3 Å². The van der Waals surface area contributed by atoms with Crippen molar-refractivity contribution in [3.8, 4) is 0 Å². The van der Waals surface area contributed by atoms with Gasteiger partial charge < -0.3 is 5.32 Å². The van der Waals surface area contributed by atoms with Crippen LogP contribution in [-0.2, 0) is 6.54 Å². The summed E-state index contributed by atoms with van der Waals surface area (Å²) >= 11 is 2.01. The van der Waals surface area contributed by atoms with Gasteiger partial charge in [0, 0.05) is 30.4 Å². The van der Waals surface area contributed by atoms with Gasteiger partial charge in [-0.05, 0) is 38.7 Å². The molecule has 1 aromatic rings. The highest BCUT2D eigenvalue weighted by molar-refractivity contribution is 7.99. The molecule has 17 heavy (non-hydrogen) atoms. The molecule has 0 fully saturated rings. The van der Waals surface area contributed by atoms with E-state index in [0.717, 1.165) is 6.54 Å². The molecule has 0 aromatic carbocycles. The Bertz CT molecular complexity index is 309. The van der Waals surface area contributed by atoms with E-state index in [1.54, 1.807) is 0 Å². The first-order chi connectivity index (χ1) is 8.13. The summed E-state index contributed by atoms with van der Waals surface area (Å²) in [5.74, 6) is 2.46. The molecule has 0 saturated heterocycles. The predicted octanol–water partition coefficient (Wildman–Crippen LogP) is 3.09. The van der Waals surface area contributed by atoms with Crippen molar-refractivity contribution in [2.75, 3.05) is 11.5 Å². The summed E-state index contributed by atoms with van der Waals surface area (Å²) in [6, 6.07) is 1.03. The van der Waals surface area contributed by atoms with Crippen LogP contribution in [0.2, 0.25) is 0 Å². The average Bonchev–Trinajstić information content (AvgIpc) is 2.75. The van der Waals surface area contributed by atoms with Crippen molar-refractivity contribution in [3.63, 3.8) is 0 Å². The maximum absolute atomic E-state index is 4.34. The molecule has 98 valence electrons. The Kier molecular flexibility index (Phi) is 6.66. The van der Waals surface area contributed by atoms with Crippen LogP contribution in [0.25, 0.3) is 0 Å². The van der Waals surface area contributed by atoms with Gasteiger partial charge >= 0.3 is 0 Å². The Morgan fingerprint density at radius 1 is 1.41 bits per heavy atom. The van der Waals surface area contributed by atoms with E-state index in [4.69, 9.17) is 0 Å². The summed E-state index contributed by atoms with van der Waals surface area (Å²) in [4.78, 5) is 0. The lowest BCUT2D eigenvalue weighted by Crippen LogP contribution is -2.25. The zero-order valence-corrected chi connectivity index (χ0v) is 12.3. The average molecular weight is 255 g/mol. The zero-order chi connectivity index (χ0) is 12.7. The molecule has 0 radical (unpaired) electrons. The van der Waals surface area contributed by atoms with Crippen LogP contribution < -0.4 is 5.32 Å². The van der Waals surface area contributed by atoms with Crippen molar-refractivity contribution in [2.45, 2.75) is 52.7 Å². The molecule has 1 unspecified atom stereocenters. The van der Waals surface area contributed by atoms with Gasteiger partial charge in [0.05, 0.1) is 6.20 Å². The van der Waals surface area contributed by atoms with Gasteiger partial charge in [-0.3, -0.25) is 4.68 Å². The number of aromatic nitrogens is 2. The Morgan fingerprint density at radius 3 is 2.76 bits per heavy atom. The minimum Gasteiger partial charge on any atom is -0.310 e. The fraction of sp³-hybridized carbons (Fsp3) is 0.769. The topological polar surface area (TPSA) is 29.9 Å². The fourth-order valence-corrected chi connectivity index (χ4v) is 2.36. The van der Waals surface area contributed by atoms with E-state index in [9.17, 15) is 0 Å². The molecular weight excluding hydrogens is 230 g/mol. The van der Waals surface area contributed by atoms with Crippen molar-refractivity contribution >= 4 is 11.8 Å². The molecule has 1 N–H and O–H groups in total. The second-order valence-electron chi connectivity index (χ2n) is 4.69. The third kappa shape index (κ3) is 5.59. The molecule has 0 bridgehead atoms. The van der Waals surface area contributed by atoms with Crippen LogP contribution in [-0.4, -0.2) is 27.3 Å². The highest BCUT2D eigenvalue weighted by Crippen LogP contribution is 2.07. The van der Waals surface area contributed by atoms with Crippen molar-refractivity contribution in [1.29, 1.82) is 0 Å². The third-order valence-electron chi connectivity index (χ3n) is 2.74. The minimum absolute atomic E-state index is 0.446. The lowest BCUT2D eigenvalue weighted by atomic mass is 10.2. The first-order valence-electron chi connectivity index (χ1n) is 6.47. The first-order valence-corrected chi connectivity index (χ1v) is 7.63. The van der Waals surface area contributed by atoms with E-state index >= 15 is 0 Å². The molecule has 3 nitrogen and oxygen atoms in total. The van der Waals surface area contributed by atoms with Crippen LogP contribution >= 0.6 is 11.8 Å². The summed E-state index contributed by atoms with van der Waals surface area (Å²) in [6.45, 7) is 9.68. The quantitative estimate of drug-likeness (QED) is 0.724. The molecule has 0 aliphatic rings. The minimum atomic E-state index is 0.446. The molecule has 4 heteroatoms. The number of thioether (sulfide) groups is 1. The van der Waals surface area contributed by atoms with Crippen molar-refractivity contribution in [3.05, 3.63) is 18.0 Å². The van der Waals surface area contributed by atoms with E-state index < -0.39 is 0 Å². The summed E-state index contributed by atoms with van der Waals surface area (Å²) < 4.78 is 2.01.